The molecule has 1 saturated heterocycles. The van der Waals surface area contributed by atoms with Gasteiger partial charge in [-0.25, -0.2) is 4.39 Å². The van der Waals surface area contributed by atoms with Crippen LogP contribution in [0.25, 0.3) is 10.4 Å². The predicted molar refractivity (Wildman–Crippen MR) is 65.3 cm³/mol. The van der Waals surface area contributed by atoms with Crippen LogP contribution < -0.4 is 10.6 Å². The summed E-state index contributed by atoms with van der Waals surface area (Å²) in [5, 5.41) is 3.44. The first-order valence-corrected chi connectivity index (χ1v) is 5.48. The van der Waals surface area contributed by atoms with E-state index in [1.165, 1.54) is 17.0 Å². The van der Waals surface area contributed by atoms with Gasteiger partial charge < -0.3 is 10.6 Å². The number of rotatable bonds is 3. The number of hydrogen-bond donors (Lipinski definition) is 1. The number of hydrogen-bond acceptors (Lipinski definition) is 3. The minimum absolute atomic E-state index is 0.0904. The Hall–Kier alpha value is -2.27. The number of carbonyl (C=O) groups excluding carboxylic acids is 1. The average molecular weight is 249 g/mol. The van der Waals surface area contributed by atoms with E-state index in [4.69, 9.17) is 11.3 Å². The topological polar surface area (TPSA) is 95.1 Å². The van der Waals surface area contributed by atoms with E-state index in [2.05, 4.69) is 10.0 Å². The summed E-state index contributed by atoms with van der Waals surface area (Å²) < 4.78 is 13.7. The molecule has 1 aromatic carbocycles. The van der Waals surface area contributed by atoms with Crippen LogP contribution in [0, 0.1) is 11.7 Å². The van der Waals surface area contributed by atoms with Crippen LogP contribution in [0.2, 0.25) is 0 Å². The van der Waals surface area contributed by atoms with Crippen LogP contribution in [0.5, 0.6) is 0 Å². The molecule has 1 atom stereocenters. The van der Waals surface area contributed by atoms with E-state index >= 15 is 0 Å². The molecule has 94 valence electrons. The largest absolute Gasteiger partial charge is 0.397 e. The van der Waals surface area contributed by atoms with E-state index in [1.807, 2.05) is 0 Å². The Kier molecular flexibility index (Phi) is 3.34. The van der Waals surface area contributed by atoms with E-state index in [0.717, 1.165) is 0 Å². The molecule has 1 fully saturated rings. The fourth-order valence-corrected chi connectivity index (χ4v) is 2.09. The van der Waals surface area contributed by atoms with E-state index in [9.17, 15) is 9.18 Å². The number of benzene rings is 1. The van der Waals surface area contributed by atoms with Gasteiger partial charge in [-0.2, -0.15) is 0 Å². The van der Waals surface area contributed by atoms with Gasteiger partial charge in [-0.05, 0) is 23.6 Å². The van der Waals surface area contributed by atoms with Gasteiger partial charge in [-0.1, -0.05) is 11.2 Å². The zero-order valence-corrected chi connectivity index (χ0v) is 9.58. The maximum Gasteiger partial charge on any atom is 0.227 e. The minimum Gasteiger partial charge on any atom is -0.397 e. The van der Waals surface area contributed by atoms with Gasteiger partial charge in [0.05, 0.1) is 5.69 Å². The Morgan fingerprint density at radius 1 is 1.61 bits per heavy atom. The Morgan fingerprint density at radius 3 is 3.06 bits per heavy atom. The normalized spacial score (nSPS) is 18.8. The molecule has 7 heteroatoms. The summed E-state index contributed by atoms with van der Waals surface area (Å²) in [6.07, 6.45) is 0.243. The van der Waals surface area contributed by atoms with Crippen LogP contribution >= 0.6 is 0 Å². The van der Waals surface area contributed by atoms with Crippen LogP contribution in [-0.2, 0) is 4.79 Å². The van der Waals surface area contributed by atoms with Crippen molar-refractivity contribution in [1.29, 1.82) is 0 Å². The van der Waals surface area contributed by atoms with E-state index < -0.39 is 5.82 Å². The molecule has 0 bridgehead atoms. The summed E-state index contributed by atoms with van der Waals surface area (Å²) >= 11 is 0. The summed E-state index contributed by atoms with van der Waals surface area (Å²) in [6, 6.07) is 4.30. The summed E-state index contributed by atoms with van der Waals surface area (Å²) in [7, 11) is 0. The van der Waals surface area contributed by atoms with Gasteiger partial charge in [0.1, 0.15) is 11.5 Å². The van der Waals surface area contributed by atoms with Crippen molar-refractivity contribution in [2.24, 2.45) is 11.0 Å². The highest BCUT2D eigenvalue weighted by atomic mass is 19.1. The van der Waals surface area contributed by atoms with E-state index in [1.54, 1.807) is 6.07 Å². The fourth-order valence-electron chi connectivity index (χ4n) is 2.09. The van der Waals surface area contributed by atoms with Gasteiger partial charge in [-0.15, -0.1) is 0 Å². The van der Waals surface area contributed by atoms with Gasteiger partial charge in [0.25, 0.3) is 0 Å². The highest BCUT2D eigenvalue weighted by molar-refractivity contribution is 5.98. The first-order valence-electron chi connectivity index (χ1n) is 5.48. The molecule has 1 aliphatic rings. The molecule has 0 saturated carbocycles. The monoisotopic (exact) mass is 249 g/mol. The molecule has 2 N–H and O–H groups in total. The van der Waals surface area contributed by atoms with Crippen molar-refractivity contribution in [1.82, 2.24) is 0 Å². The second kappa shape index (κ2) is 4.93. The molecule has 1 unspecified atom stereocenters. The lowest BCUT2D eigenvalue weighted by atomic mass is 10.1. The van der Waals surface area contributed by atoms with Gasteiger partial charge >= 0.3 is 0 Å². The Bertz CT molecular complexity index is 506. The first-order chi connectivity index (χ1) is 8.63. The van der Waals surface area contributed by atoms with Crippen molar-refractivity contribution in [2.45, 2.75) is 6.42 Å². The number of nitrogens with two attached hydrogens (primary N) is 1. The van der Waals surface area contributed by atoms with Crippen LogP contribution in [-0.4, -0.2) is 19.0 Å². The molecule has 1 aliphatic heterocycles. The smallest absolute Gasteiger partial charge is 0.227 e. The first kappa shape index (κ1) is 12.2. The lowest BCUT2D eigenvalue weighted by molar-refractivity contribution is -0.117. The zero-order valence-electron chi connectivity index (χ0n) is 9.58. The summed E-state index contributed by atoms with van der Waals surface area (Å²) in [4.78, 5) is 15.8. The zero-order chi connectivity index (χ0) is 13.1. The average Bonchev–Trinajstić information content (AvgIpc) is 2.68. The van der Waals surface area contributed by atoms with E-state index in [0.29, 0.717) is 6.54 Å². The lowest BCUT2D eigenvalue weighted by Crippen LogP contribution is -2.26. The number of anilines is 2. The molecule has 1 aromatic rings. The molecule has 1 heterocycles. The maximum atomic E-state index is 13.7. The molecule has 0 radical (unpaired) electrons. The molecular weight excluding hydrogens is 237 g/mol. The highest BCUT2D eigenvalue weighted by Crippen LogP contribution is 2.32. The fraction of sp³-hybridized carbons (Fsp3) is 0.364. The molecule has 18 heavy (non-hydrogen) atoms. The number of halogens is 1. The van der Waals surface area contributed by atoms with Crippen molar-refractivity contribution < 1.29 is 9.18 Å². The molecule has 6 nitrogen and oxygen atoms in total. The molecule has 0 spiro atoms. The molecular formula is C11H12FN5O. The van der Waals surface area contributed by atoms with Gasteiger partial charge in [-0.3, -0.25) is 4.79 Å². The van der Waals surface area contributed by atoms with Crippen molar-refractivity contribution >= 4 is 17.3 Å². The second-order valence-corrected chi connectivity index (χ2v) is 4.17. The van der Waals surface area contributed by atoms with Crippen molar-refractivity contribution in [3.05, 3.63) is 34.5 Å². The highest BCUT2D eigenvalue weighted by Gasteiger charge is 2.32. The lowest BCUT2D eigenvalue weighted by Gasteiger charge is -2.19. The SMILES string of the molecule is [N-]=[N+]=NCC1CC(=O)N(c2c(N)cccc2F)C1. The number of amides is 1. The quantitative estimate of drug-likeness (QED) is 0.384. The van der Waals surface area contributed by atoms with Crippen LogP contribution in [0.1, 0.15) is 6.42 Å². The summed E-state index contributed by atoms with van der Waals surface area (Å²) in [6.45, 7) is 0.552. The molecule has 2 rings (SSSR count). The summed E-state index contributed by atoms with van der Waals surface area (Å²) in [5.74, 6) is -0.815. The summed E-state index contributed by atoms with van der Waals surface area (Å²) in [5.41, 5.74) is 14.3. The third-order valence-corrected chi connectivity index (χ3v) is 2.90. The predicted octanol–water partition coefficient (Wildman–Crippen LogP) is 2.07. The number of nitrogen functional groups attached to an aromatic ring is 1. The van der Waals surface area contributed by atoms with Gasteiger partial charge in [0, 0.05) is 24.4 Å². The minimum atomic E-state index is -0.521. The number of para-hydroxylation sites is 1. The number of nitrogens with zero attached hydrogens (tertiary/aromatic N) is 4. The third-order valence-electron chi connectivity index (χ3n) is 2.90. The molecule has 1 amide bonds. The standard InChI is InChI=1S/C11H12FN5O/c12-8-2-1-3-9(13)11(8)17-6-7(4-10(17)18)5-15-16-14/h1-3,7H,4-6,13H2. The van der Waals surface area contributed by atoms with Crippen molar-refractivity contribution in [2.75, 3.05) is 23.7 Å². The maximum absolute atomic E-state index is 13.7. The van der Waals surface area contributed by atoms with E-state index in [-0.39, 0.29) is 36.2 Å². The van der Waals surface area contributed by atoms with Gasteiger partial charge in [0.15, 0.2) is 0 Å². The van der Waals surface area contributed by atoms with Crippen LogP contribution in [0.15, 0.2) is 23.3 Å². The Balaban J connectivity index is 2.24. The molecule has 0 aliphatic carbocycles. The van der Waals surface area contributed by atoms with Crippen LogP contribution in [0.3, 0.4) is 0 Å². The number of carbonyl (C=O) groups is 1. The second-order valence-electron chi connectivity index (χ2n) is 4.17. The van der Waals surface area contributed by atoms with Gasteiger partial charge in [0.2, 0.25) is 5.91 Å². The van der Waals surface area contributed by atoms with Crippen molar-refractivity contribution in [3.63, 3.8) is 0 Å². The molecule has 0 aromatic heterocycles. The Labute approximate surface area is 103 Å². The third kappa shape index (κ3) is 2.21. The Morgan fingerprint density at radius 2 is 2.39 bits per heavy atom. The number of azide groups is 1. The van der Waals surface area contributed by atoms with Crippen molar-refractivity contribution in [3.8, 4) is 0 Å². The van der Waals surface area contributed by atoms with Crippen LogP contribution in [0.4, 0.5) is 15.8 Å².